The Morgan fingerprint density at radius 1 is 1.17 bits per heavy atom. The van der Waals surface area contributed by atoms with Gasteiger partial charge in [-0.1, -0.05) is 12.1 Å². The zero-order valence-electron chi connectivity index (χ0n) is 20.0. The van der Waals surface area contributed by atoms with Crippen molar-refractivity contribution >= 4 is 17.9 Å². The lowest BCUT2D eigenvalue weighted by Crippen LogP contribution is -2.46. The summed E-state index contributed by atoms with van der Waals surface area (Å²) in [6.45, 7) is 5.78. The van der Waals surface area contributed by atoms with Gasteiger partial charge in [0.15, 0.2) is 0 Å². The molecule has 1 saturated carbocycles. The number of nitrogens with zero attached hydrogens (tertiary/aromatic N) is 1. The molecule has 8 nitrogen and oxygen atoms in total. The Bertz CT molecular complexity index is 947. The predicted octanol–water partition coefficient (Wildman–Crippen LogP) is 2.50. The Morgan fingerprint density at radius 3 is 2.51 bits per heavy atom. The van der Waals surface area contributed by atoms with Crippen molar-refractivity contribution < 1.29 is 37.4 Å². The number of alkyl halides is 3. The number of carbonyl (C=O) groups excluding carboxylic acids is 3. The van der Waals surface area contributed by atoms with E-state index >= 15 is 0 Å². The van der Waals surface area contributed by atoms with Crippen LogP contribution in [0.5, 0.6) is 0 Å². The molecule has 0 radical (unpaired) electrons. The summed E-state index contributed by atoms with van der Waals surface area (Å²) in [6.07, 6.45) is -5.35. The summed E-state index contributed by atoms with van der Waals surface area (Å²) in [7, 11) is 0. The Labute approximate surface area is 202 Å². The summed E-state index contributed by atoms with van der Waals surface area (Å²) in [6, 6.07) is 4.86. The van der Waals surface area contributed by atoms with Crippen molar-refractivity contribution in [3.05, 3.63) is 35.4 Å². The fourth-order valence-electron chi connectivity index (χ4n) is 4.91. The van der Waals surface area contributed by atoms with Gasteiger partial charge in [-0.25, -0.2) is 4.79 Å². The molecule has 194 valence electrons. The highest BCUT2D eigenvalue weighted by atomic mass is 19.4. The van der Waals surface area contributed by atoms with Crippen LogP contribution in [-0.2, 0) is 16.0 Å². The minimum Gasteiger partial charge on any atom is -0.444 e. The Kier molecular flexibility index (Phi) is 7.98. The minimum absolute atomic E-state index is 0.0174. The van der Waals surface area contributed by atoms with Crippen molar-refractivity contribution in [1.29, 1.82) is 0 Å². The van der Waals surface area contributed by atoms with Gasteiger partial charge in [-0.2, -0.15) is 13.2 Å². The number of likely N-dealkylation sites (tertiary alicyclic amines) is 1. The van der Waals surface area contributed by atoms with Gasteiger partial charge < -0.3 is 25.4 Å². The zero-order valence-corrected chi connectivity index (χ0v) is 20.0. The first kappa shape index (κ1) is 26.8. The van der Waals surface area contributed by atoms with Crippen molar-refractivity contribution in [2.75, 3.05) is 26.2 Å². The number of hydrogen-bond donors (Lipinski definition) is 3. The first-order valence-corrected chi connectivity index (χ1v) is 11.6. The van der Waals surface area contributed by atoms with Crippen LogP contribution in [0, 0.1) is 17.8 Å². The molecule has 0 bridgehead atoms. The van der Waals surface area contributed by atoms with Crippen molar-refractivity contribution in [2.45, 2.75) is 51.4 Å². The van der Waals surface area contributed by atoms with Crippen LogP contribution in [0.2, 0.25) is 0 Å². The lowest BCUT2D eigenvalue weighted by molar-refractivity contribution is -0.127. The molecule has 1 aliphatic heterocycles. The predicted molar refractivity (Wildman–Crippen MR) is 120 cm³/mol. The smallest absolute Gasteiger partial charge is 0.410 e. The topological polar surface area (TPSA) is 108 Å². The van der Waals surface area contributed by atoms with Gasteiger partial charge in [0, 0.05) is 37.2 Å². The van der Waals surface area contributed by atoms with Gasteiger partial charge in [0.25, 0.3) is 5.91 Å². The van der Waals surface area contributed by atoms with Crippen LogP contribution in [0.1, 0.15) is 43.1 Å². The van der Waals surface area contributed by atoms with Crippen LogP contribution >= 0.6 is 0 Å². The lowest BCUT2D eigenvalue weighted by atomic mass is 9.92. The lowest BCUT2D eigenvalue weighted by Gasteiger charge is -2.27. The summed E-state index contributed by atoms with van der Waals surface area (Å²) in [5.74, 6) is -1.23. The maximum atomic E-state index is 12.6. The minimum atomic E-state index is -4.39. The fourth-order valence-corrected chi connectivity index (χ4v) is 4.91. The Balaban J connectivity index is 1.50. The number of fused-ring (bicyclic) bond motifs is 1. The largest absolute Gasteiger partial charge is 0.444 e. The number of aliphatic hydroxyl groups is 1. The maximum absolute atomic E-state index is 12.6. The second-order valence-electron chi connectivity index (χ2n) is 10.2. The van der Waals surface area contributed by atoms with E-state index in [-0.39, 0.29) is 48.1 Å². The molecule has 0 aromatic heterocycles. The number of hydrogen-bond acceptors (Lipinski definition) is 5. The van der Waals surface area contributed by atoms with Crippen LogP contribution in [0.4, 0.5) is 18.0 Å². The summed E-state index contributed by atoms with van der Waals surface area (Å²) in [4.78, 5) is 38.8. The first-order chi connectivity index (χ1) is 16.3. The van der Waals surface area contributed by atoms with Gasteiger partial charge in [0.1, 0.15) is 5.60 Å². The van der Waals surface area contributed by atoms with E-state index in [1.54, 1.807) is 25.7 Å². The highest BCUT2D eigenvalue weighted by Crippen LogP contribution is 2.42. The summed E-state index contributed by atoms with van der Waals surface area (Å²) < 4.78 is 43.2. The molecule has 35 heavy (non-hydrogen) atoms. The molecule has 1 aromatic rings. The van der Waals surface area contributed by atoms with E-state index in [1.807, 2.05) is 0 Å². The summed E-state index contributed by atoms with van der Waals surface area (Å²) in [5, 5.41) is 15.2. The highest BCUT2D eigenvalue weighted by molar-refractivity contribution is 5.96. The third kappa shape index (κ3) is 7.33. The van der Waals surface area contributed by atoms with Gasteiger partial charge in [-0.15, -0.1) is 0 Å². The van der Waals surface area contributed by atoms with Crippen molar-refractivity contribution in [3.63, 3.8) is 0 Å². The number of aliphatic hydroxyl groups excluding tert-OH is 1. The second-order valence-corrected chi connectivity index (χ2v) is 10.2. The molecule has 3 amide bonds. The molecular weight excluding hydrogens is 467 g/mol. The molecule has 1 aliphatic carbocycles. The zero-order chi connectivity index (χ0) is 26.0. The summed E-state index contributed by atoms with van der Waals surface area (Å²) in [5.41, 5.74) is -0.616. The molecule has 4 unspecified atom stereocenters. The molecule has 2 aliphatic rings. The van der Waals surface area contributed by atoms with Gasteiger partial charge in [0.2, 0.25) is 5.91 Å². The van der Waals surface area contributed by atoms with E-state index in [4.69, 9.17) is 4.74 Å². The van der Waals surface area contributed by atoms with E-state index in [0.29, 0.717) is 19.5 Å². The maximum Gasteiger partial charge on any atom is 0.410 e. The molecule has 11 heteroatoms. The molecule has 2 fully saturated rings. The number of amides is 3. The van der Waals surface area contributed by atoms with E-state index < -0.39 is 36.1 Å². The Hall–Kier alpha value is -2.82. The molecular formula is C24H32F3N3O5. The third-order valence-electron chi connectivity index (χ3n) is 6.33. The number of benzene rings is 1. The molecule has 3 N–H and O–H groups in total. The number of ether oxygens (including phenoxy) is 1. The van der Waals surface area contributed by atoms with E-state index in [1.165, 1.54) is 18.2 Å². The van der Waals surface area contributed by atoms with Gasteiger partial charge in [-0.3, -0.25) is 9.59 Å². The molecule has 1 aromatic carbocycles. The molecule has 1 heterocycles. The average molecular weight is 500 g/mol. The van der Waals surface area contributed by atoms with Gasteiger partial charge in [0.05, 0.1) is 13.0 Å². The van der Waals surface area contributed by atoms with E-state index in [0.717, 1.165) is 6.07 Å². The fraction of sp³-hybridized carbons (Fsp3) is 0.625. The van der Waals surface area contributed by atoms with Gasteiger partial charge in [-0.05, 0) is 56.7 Å². The van der Waals surface area contributed by atoms with Crippen LogP contribution < -0.4 is 10.6 Å². The standard InChI is InChI=1S/C24H32F3N3O5/c1-23(2,3)35-22(34)30-11-16-8-19(18(13-31)17(16)12-30)29-20(32)10-28-21(33)15-6-4-5-14(7-15)9-24(25,26)27/h4-7,16-19,31H,8-13H2,1-3H3,(H,28,33)(H,29,32). The van der Waals surface area contributed by atoms with Crippen LogP contribution in [0.3, 0.4) is 0 Å². The highest BCUT2D eigenvalue weighted by Gasteiger charge is 2.49. The number of nitrogens with one attached hydrogen (secondary N) is 2. The molecule has 4 atom stereocenters. The van der Waals surface area contributed by atoms with Crippen LogP contribution in [0.25, 0.3) is 0 Å². The quantitative estimate of drug-likeness (QED) is 0.558. The van der Waals surface area contributed by atoms with Crippen LogP contribution in [0.15, 0.2) is 24.3 Å². The SMILES string of the molecule is CC(C)(C)OC(=O)N1CC2CC(NC(=O)CNC(=O)c3cccc(CC(F)(F)F)c3)C(CO)C2C1. The number of rotatable bonds is 6. The average Bonchev–Trinajstić information content (AvgIpc) is 3.27. The molecule has 0 spiro atoms. The van der Waals surface area contributed by atoms with Crippen molar-refractivity contribution in [3.8, 4) is 0 Å². The van der Waals surface area contributed by atoms with Crippen molar-refractivity contribution in [2.24, 2.45) is 17.8 Å². The summed E-state index contributed by atoms with van der Waals surface area (Å²) >= 11 is 0. The number of carbonyl (C=O) groups is 3. The third-order valence-corrected chi connectivity index (χ3v) is 6.33. The van der Waals surface area contributed by atoms with Gasteiger partial charge >= 0.3 is 12.3 Å². The van der Waals surface area contributed by atoms with E-state index in [2.05, 4.69) is 10.6 Å². The molecule has 1 saturated heterocycles. The normalized spacial score (nSPS) is 24.1. The second kappa shape index (κ2) is 10.4. The monoisotopic (exact) mass is 499 g/mol. The Morgan fingerprint density at radius 2 is 1.89 bits per heavy atom. The van der Waals surface area contributed by atoms with Crippen molar-refractivity contribution in [1.82, 2.24) is 15.5 Å². The molecule has 3 rings (SSSR count). The van der Waals surface area contributed by atoms with Crippen LogP contribution in [-0.4, -0.2) is 72.0 Å². The van der Waals surface area contributed by atoms with E-state index in [9.17, 15) is 32.7 Å². The first-order valence-electron chi connectivity index (χ1n) is 11.6. The number of halogens is 3.